The molecule has 2 N–H and O–H groups in total. The highest BCUT2D eigenvalue weighted by atomic mass is 16.4. The van der Waals surface area contributed by atoms with Gasteiger partial charge in [0.1, 0.15) is 0 Å². The molecule has 1 aliphatic rings. The van der Waals surface area contributed by atoms with Gasteiger partial charge in [0, 0.05) is 0 Å². The number of aliphatic hydroxyl groups excluding tert-OH is 1. The Morgan fingerprint density at radius 1 is 1.20 bits per heavy atom. The molecule has 0 heterocycles. The van der Waals surface area contributed by atoms with Crippen molar-refractivity contribution >= 4 is 5.97 Å². The zero-order valence-corrected chi connectivity index (χ0v) is 8.34. The van der Waals surface area contributed by atoms with Gasteiger partial charge in [-0.25, -0.2) is 0 Å². The van der Waals surface area contributed by atoms with E-state index in [9.17, 15) is 9.90 Å². The lowest BCUT2D eigenvalue weighted by Gasteiger charge is -2.15. The summed E-state index contributed by atoms with van der Waals surface area (Å²) in [4.78, 5) is 11.0. The minimum atomic E-state index is -0.805. The Morgan fingerprint density at radius 2 is 1.87 bits per heavy atom. The van der Waals surface area contributed by atoms with Gasteiger partial charge in [0.15, 0.2) is 0 Å². The summed E-state index contributed by atoms with van der Waals surface area (Å²) in [6.07, 6.45) is 0.451. The molecule has 0 radical (unpaired) electrons. The number of benzene rings is 1. The second-order valence-corrected chi connectivity index (χ2v) is 4.09. The molecule has 0 saturated heterocycles. The topological polar surface area (TPSA) is 57.5 Å². The number of aliphatic carboxylic acids is 1. The summed E-state index contributed by atoms with van der Waals surface area (Å²) in [6.45, 7) is 0. The molecule has 1 saturated carbocycles. The molecule has 3 heteroatoms. The molecule has 0 aliphatic heterocycles. The van der Waals surface area contributed by atoms with E-state index in [1.165, 1.54) is 0 Å². The minimum absolute atomic E-state index is 0.0429. The fraction of sp³-hybridized carbons (Fsp3) is 0.417. The maximum Gasteiger partial charge on any atom is 0.307 e. The summed E-state index contributed by atoms with van der Waals surface area (Å²) in [6, 6.07) is 9.57. The number of carbonyl (C=O) groups is 1. The number of hydrogen-bond acceptors (Lipinski definition) is 2. The van der Waals surface area contributed by atoms with Crippen molar-refractivity contribution in [3.05, 3.63) is 35.9 Å². The van der Waals surface area contributed by atoms with Crippen LogP contribution in [0.5, 0.6) is 0 Å². The molecule has 15 heavy (non-hydrogen) atoms. The van der Waals surface area contributed by atoms with Crippen LogP contribution in [-0.4, -0.2) is 22.3 Å². The van der Waals surface area contributed by atoms with E-state index in [0.29, 0.717) is 12.8 Å². The first-order valence-corrected chi connectivity index (χ1v) is 5.14. The van der Waals surface area contributed by atoms with Gasteiger partial charge in [-0.1, -0.05) is 30.3 Å². The third-order valence-electron chi connectivity index (χ3n) is 3.08. The van der Waals surface area contributed by atoms with E-state index in [1.807, 2.05) is 30.3 Å². The van der Waals surface area contributed by atoms with Crippen molar-refractivity contribution in [1.29, 1.82) is 0 Å². The average molecular weight is 206 g/mol. The van der Waals surface area contributed by atoms with Crippen LogP contribution in [-0.2, 0) is 4.79 Å². The summed E-state index contributed by atoms with van der Waals surface area (Å²) >= 11 is 0. The first-order chi connectivity index (χ1) is 7.18. The number of carboxylic acids is 1. The van der Waals surface area contributed by atoms with E-state index < -0.39 is 18.0 Å². The Balaban J connectivity index is 2.24. The van der Waals surface area contributed by atoms with Gasteiger partial charge in [0.05, 0.1) is 12.0 Å². The van der Waals surface area contributed by atoms with Crippen LogP contribution < -0.4 is 0 Å². The molecule has 3 nitrogen and oxygen atoms in total. The number of hydrogen-bond donors (Lipinski definition) is 2. The largest absolute Gasteiger partial charge is 0.481 e. The van der Waals surface area contributed by atoms with Crippen molar-refractivity contribution < 1.29 is 15.0 Å². The summed E-state index contributed by atoms with van der Waals surface area (Å²) < 4.78 is 0. The smallest absolute Gasteiger partial charge is 0.307 e. The van der Waals surface area contributed by atoms with Crippen molar-refractivity contribution in [2.75, 3.05) is 0 Å². The maximum atomic E-state index is 11.0. The molecule has 0 spiro atoms. The van der Waals surface area contributed by atoms with Gasteiger partial charge in [-0.05, 0) is 24.3 Å². The third kappa shape index (κ3) is 2.02. The van der Waals surface area contributed by atoms with Gasteiger partial charge >= 0.3 is 5.97 Å². The van der Waals surface area contributed by atoms with Crippen LogP contribution in [0.2, 0.25) is 0 Å². The molecule has 1 aromatic carbocycles. The highest BCUT2D eigenvalue weighted by molar-refractivity contribution is 5.72. The molecule has 2 rings (SSSR count). The van der Waals surface area contributed by atoms with Crippen LogP contribution >= 0.6 is 0 Å². The average Bonchev–Trinajstić information content (AvgIpc) is 2.62. The zero-order chi connectivity index (χ0) is 10.8. The number of rotatable bonds is 2. The van der Waals surface area contributed by atoms with Crippen LogP contribution in [0.25, 0.3) is 0 Å². The SMILES string of the molecule is O=C(O)C1CC(O)CC1c1ccccc1. The van der Waals surface area contributed by atoms with E-state index in [0.717, 1.165) is 5.56 Å². The molecule has 0 bridgehead atoms. The summed E-state index contributed by atoms with van der Waals surface area (Å²) in [5, 5.41) is 18.6. The maximum absolute atomic E-state index is 11.0. The molecule has 3 unspecified atom stereocenters. The predicted octanol–water partition coefficient (Wildman–Crippen LogP) is 1.63. The van der Waals surface area contributed by atoms with Crippen LogP contribution in [0.1, 0.15) is 24.3 Å². The Hall–Kier alpha value is -1.35. The lowest BCUT2D eigenvalue weighted by Crippen LogP contribution is -2.16. The highest BCUT2D eigenvalue weighted by Crippen LogP contribution is 2.39. The summed E-state index contributed by atoms with van der Waals surface area (Å²) in [5.74, 6) is -1.29. The number of aliphatic hydroxyl groups is 1. The minimum Gasteiger partial charge on any atom is -0.481 e. The molecule has 3 atom stereocenters. The molecule has 0 amide bonds. The molecular weight excluding hydrogens is 192 g/mol. The van der Waals surface area contributed by atoms with Crippen molar-refractivity contribution in [1.82, 2.24) is 0 Å². The van der Waals surface area contributed by atoms with E-state index >= 15 is 0 Å². The van der Waals surface area contributed by atoms with Gasteiger partial charge in [-0.3, -0.25) is 4.79 Å². The highest BCUT2D eigenvalue weighted by Gasteiger charge is 2.38. The fourth-order valence-corrected chi connectivity index (χ4v) is 2.35. The lowest BCUT2D eigenvalue weighted by molar-refractivity contribution is -0.142. The standard InChI is InChI=1S/C12H14O3/c13-9-6-10(11(7-9)12(14)15)8-4-2-1-3-5-8/h1-5,9-11,13H,6-7H2,(H,14,15). The van der Waals surface area contributed by atoms with Crippen LogP contribution in [0, 0.1) is 5.92 Å². The van der Waals surface area contributed by atoms with Crippen molar-refractivity contribution in [3.8, 4) is 0 Å². The van der Waals surface area contributed by atoms with Gasteiger partial charge in [-0.15, -0.1) is 0 Å². The Kier molecular flexibility index (Phi) is 2.73. The Labute approximate surface area is 88.4 Å². The van der Waals surface area contributed by atoms with Gasteiger partial charge in [0.25, 0.3) is 0 Å². The van der Waals surface area contributed by atoms with Crippen LogP contribution in [0.3, 0.4) is 0 Å². The van der Waals surface area contributed by atoms with Gasteiger partial charge in [0.2, 0.25) is 0 Å². The van der Waals surface area contributed by atoms with Crippen LogP contribution in [0.4, 0.5) is 0 Å². The molecule has 1 fully saturated rings. The van der Waals surface area contributed by atoms with E-state index in [-0.39, 0.29) is 5.92 Å². The quantitative estimate of drug-likeness (QED) is 0.773. The van der Waals surface area contributed by atoms with Crippen molar-refractivity contribution in [2.24, 2.45) is 5.92 Å². The second-order valence-electron chi connectivity index (χ2n) is 4.09. The van der Waals surface area contributed by atoms with E-state index in [4.69, 9.17) is 5.11 Å². The summed E-state index contributed by atoms with van der Waals surface area (Å²) in [5.41, 5.74) is 1.02. The predicted molar refractivity (Wildman–Crippen MR) is 55.5 cm³/mol. The molecule has 80 valence electrons. The zero-order valence-electron chi connectivity index (χ0n) is 8.34. The van der Waals surface area contributed by atoms with Crippen molar-refractivity contribution in [3.63, 3.8) is 0 Å². The van der Waals surface area contributed by atoms with Crippen molar-refractivity contribution in [2.45, 2.75) is 24.9 Å². The Bertz CT molecular complexity index is 347. The van der Waals surface area contributed by atoms with Crippen LogP contribution in [0.15, 0.2) is 30.3 Å². The second kappa shape index (κ2) is 4.03. The lowest BCUT2D eigenvalue weighted by atomic mass is 9.89. The fourth-order valence-electron chi connectivity index (χ4n) is 2.35. The van der Waals surface area contributed by atoms with E-state index in [1.54, 1.807) is 0 Å². The summed E-state index contributed by atoms with van der Waals surface area (Å²) in [7, 11) is 0. The molecule has 1 aliphatic carbocycles. The number of carboxylic acid groups (broad SMARTS) is 1. The normalized spacial score (nSPS) is 30.3. The Morgan fingerprint density at radius 3 is 2.47 bits per heavy atom. The monoisotopic (exact) mass is 206 g/mol. The first kappa shape index (κ1) is 10.2. The van der Waals surface area contributed by atoms with Gasteiger partial charge in [-0.2, -0.15) is 0 Å². The van der Waals surface area contributed by atoms with E-state index in [2.05, 4.69) is 0 Å². The molecular formula is C12H14O3. The molecule has 1 aromatic rings. The molecule has 0 aromatic heterocycles. The van der Waals surface area contributed by atoms with Gasteiger partial charge < -0.3 is 10.2 Å². The third-order valence-corrected chi connectivity index (χ3v) is 3.08. The first-order valence-electron chi connectivity index (χ1n) is 5.14.